The minimum Gasteiger partial charge on any atom is -0.249 e. The van der Waals surface area contributed by atoms with E-state index in [-0.39, 0.29) is 6.54 Å². The Morgan fingerprint density at radius 3 is 2.70 bits per heavy atom. The summed E-state index contributed by atoms with van der Waals surface area (Å²) in [6.07, 6.45) is 2.12. The molecule has 0 spiro atoms. The fourth-order valence-electron chi connectivity index (χ4n) is 1.58. The zero-order chi connectivity index (χ0) is 14.8. The monoisotopic (exact) mass is 318 g/mol. The lowest BCUT2D eigenvalue weighted by molar-refractivity contribution is 0.543. The van der Waals surface area contributed by atoms with E-state index in [1.807, 2.05) is 6.92 Å². The van der Waals surface area contributed by atoms with E-state index >= 15 is 0 Å². The summed E-state index contributed by atoms with van der Waals surface area (Å²) in [7, 11) is -3.99. The van der Waals surface area contributed by atoms with E-state index in [4.69, 9.17) is 0 Å². The molecule has 0 saturated carbocycles. The van der Waals surface area contributed by atoms with Crippen LogP contribution in [0.15, 0.2) is 29.3 Å². The first-order valence-electron chi connectivity index (χ1n) is 5.74. The number of aromatic nitrogens is 1. The van der Waals surface area contributed by atoms with Crippen molar-refractivity contribution in [3.63, 3.8) is 0 Å². The lowest BCUT2D eigenvalue weighted by Crippen LogP contribution is -2.26. The first kappa shape index (κ1) is 15.0. The van der Waals surface area contributed by atoms with Crippen LogP contribution in [0.1, 0.15) is 9.88 Å². The van der Waals surface area contributed by atoms with Gasteiger partial charge in [-0.1, -0.05) is 0 Å². The molecule has 0 bridgehead atoms. The highest BCUT2D eigenvalue weighted by Gasteiger charge is 2.19. The Balaban J connectivity index is 2.04. The second kappa shape index (κ2) is 5.94. The third-order valence-corrected chi connectivity index (χ3v) is 4.95. The Hall–Kier alpha value is -1.38. The predicted octanol–water partition coefficient (Wildman–Crippen LogP) is 2.25. The Morgan fingerprint density at radius 2 is 2.10 bits per heavy atom. The second-order valence-electron chi connectivity index (χ2n) is 4.09. The minimum absolute atomic E-state index is 0.103. The molecule has 4 nitrogen and oxygen atoms in total. The van der Waals surface area contributed by atoms with Crippen molar-refractivity contribution in [1.29, 1.82) is 0 Å². The number of hydrogen-bond acceptors (Lipinski definition) is 4. The van der Waals surface area contributed by atoms with Gasteiger partial charge in [-0.3, -0.25) is 0 Å². The number of nitrogens with one attached hydrogen (secondary N) is 1. The standard InChI is InChI=1S/C12H12F2N2O2S2/c1-8-7-15-12(19-8)4-5-16-20(17,18)11-3-2-9(13)6-10(11)14/h2-3,6-7,16H,4-5H2,1H3. The van der Waals surface area contributed by atoms with Crippen LogP contribution < -0.4 is 4.72 Å². The van der Waals surface area contributed by atoms with Crippen molar-refractivity contribution in [2.75, 3.05) is 6.54 Å². The summed E-state index contributed by atoms with van der Waals surface area (Å²) in [6, 6.07) is 2.35. The van der Waals surface area contributed by atoms with Crippen molar-refractivity contribution in [3.05, 3.63) is 45.9 Å². The molecule has 1 aromatic heterocycles. The molecule has 1 N–H and O–H groups in total. The lowest BCUT2D eigenvalue weighted by atomic mass is 10.3. The van der Waals surface area contributed by atoms with Gasteiger partial charge < -0.3 is 0 Å². The summed E-state index contributed by atoms with van der Waals surface area (Å²) in [6.45, 7) is 2.01. The van der Waals surface area contributed by atoms with E-state index in [1.54, 1.807) is 6.20 Å². The molecule has 8 heteroatoms. The topological polar surface area (TPSA) is 59.1 Å². The summed E-state index contributed by atoms with van der Waals surface area (Å²) < 4.78 is 52.2. The van der Waals surface area contributed by atoms with Gasteiger partial charge in [-0.05, 0) is 19.1 Å². The first-order chi connectivity index (χ1) is 9.38. The molecule has 2 rings (SSSR count). The largest absolute Gasteiger partial charge is 0.249 e. The van der Waals surface area contributed by atoms with Crippen LogP contribution in [0.4, 0.5) is 8.78 Å². The van der Waals surface area contributed by atoms with Crippen molar-refractivity contribution < 1.29 is 17.2 Å². The molecule has 0 aliphatic carbocycles. The molecular formula is C12H12F2N2O2S2. The molecule has 0 radical (unpaired) electrons. The van der Waals surface area contributed by atoms with Crippen LogP contribution in [0.2, 0.25) is 0 Å². The van der Waals surface area contributed by atoms with Crippen molar-refractivity contribution in [2.24, 2.45) is 0 Å². The average Bonchev–Trinajstić information content (AvgIpc) is 2.74. The molecule has 0 amide bonds. The van der Waals surface area contributed by atoms with E-state index in [9.17, 15) is 17.2 Å². The van der Waals surface area contributed by atoms with Crippen molar-refractivity contribution >= 4 is 21.4 Å². The molecule has 0 saturated heterocycles. The molecule has 0 unspecified atom stereocenters. The molecule has 2 aromatic rings. The number of halogens is 2. The van der Waals surface area contributed by atoms with Gasteiger partial charge in [0.2, 0.25) is 10.0 Å². The lowest BCUT2D eigenvalue weighted by Gasteiger charge is -2.06. The normalized spacial score (nSPS) is 11.8. The van der Waals surface area contributed by atoms with E-state index in [1.165, 1.54) is 11.3 Å². The third-order valence-electron chi connectivity index (χ3n) is 2.48. The van der Waals surface area contributed by atoms with E-state index in [0.717, 1.165) is 22.0 Å². The number of hydrogen-bond donors (Lipinski definition) is 1. The molecular weight excluding hydrogens is 306 g/mol. The van der Waals surface area contributed by atoms with Gasteiger partial charge in [0.15, 0.2) is 0 Å². The zero-order valence-corrected chi connectivity index (χ0v) is 12.2. The maximum absolute atomic E-state index is 13.4. The Morgan fingerprint density at radius 1 is 1.35 bits per heavy atom. The summed E-state index contributed by atoms with van der Waals surface area (Å²) in [5, 5.41) is 0.796. The van der Waals surface area contributed by atoms with Gasteiger partial charge in [-0.25, -0.2) is 26.9 Å². The smallest absolute Gasteiger partial charge is 0.243 e. The van der Waals surface area contributed by atoms with Gasteiger partial charge in [0.1, 0.15) is 16.5 Å². The van der Waals surface area contributed by atoms with Crippen molar-refractivity contribution in [3.8, 4) is 0 Å². The van der Waals surface area contributed by atoms with Crippen LogP contribution in [-0.4, -0.2) is 19.9 Å². The van der Waals surface area contributed by atoms with Crippen LogP contribution in [0.25, 0.3) is 0 Å². The fourth-order valence-corrected chi connectivity index (χ4v) is 3.46. The Labute approximate surface area is 119 Å². The highest BCUT2D eigenvalue weighted by molar-refractivity contribution is 7.89. The number of nitrogens with zero attached hydrogens (tertiary/aromatic N) is 1. The minimum atomic E-state index is -3.99. The zero-order valence-electron chi connectivity index (χ0n) is 10.6. The summed E-state index contributed by atoms with van der Waals surface area (Å²) in [5.74, 6) is -1.93. The number of thiazole rings is 1. The van der Waals surface area contributed by atoms with Crippen LogP contribution in [0.5, 0.6) is 0 Å². The highest BCUT2D eigenvalue weighted by Crippen LogP contribution is 2.16. The SMILES string of the molecule is Cc1cnc(CCNS(=O)(=O)c2ccc(F)cc2F)s1. The average molecular weight is 318 g/mol. The number of aryl methyl sites for hydroxylation is 1. The van der Waals surface area contributed by atoms with Crippen LogP contribution in [-0.2, 0) is 16.4 Å². The fraction of sp³-hybridized carbons (Fsp3) is 0.250. The predicted molar refractivity (Wildman–Crippen MR) is 72.1 cm³/mol. The Bertz CT molecular complexity index is 714. The van der Waals surface area contributed by atoms with E-state index in [0.29, 0.717) is 12.5 Å². The van der Waals surface area contributed by atoms with Crippen molar-refractivity contribution in [1.82, 2.24) is 9.71 Å². The first-order valence-corrected chi connectivity index (χ1v) is 8.04. The molecule has 1 aromatic carbocycles. The van der Waals surface area contributed by atoms with E-state index in [2.05, 4.69) is 9.71 Å². The van der Waals surface area contributed by atoms with Gasteiger partial charge in [-0.2, -0.15) is 0 Å². The maximum Gasteiger partial charge on any atom is 0.243 e. The van der Waals surface area contributed by atoms with Crippen LogP contribution in [0.3, 0.4) is 0 Å². The van der Waals surface area contributed by atoms with Gasteiger partial charge in [-0.15, -0.1) is 11.3 Å². The molecule has 0 atom stereocenters. The summed E-state index contributed by atoms with van der Waals surface area (Å²) >= 11 is 1.47. The molecule has 1 heterocycles. The van der Waals surface area contributed by atoms with Gasteiger partial charge >= 0.3 is 0 Å². The highest BCUT2D eigenvalue weighted by atomic mass is 32.2. The summed E-state index contributed by atoms with van der Waals surface area (Å²) in [4.78, 5) is 4.57. The summed E-state index contributed by atoms with van der Waals surface area (Å²) in [5.41, 5.74) is 0. The molecule has 20 heavy (non-hydrogen) atoms. The maximum atomic E-state index is 13.4. The quantitative estimate of drug-likeness (QED) is 0.920. The van der Waals surface area contributed by atoms with Crippen LogP contribution in [0, 0.1) is 18.6 Å². The molecule has 0 aliphatic heterocycles. The number of rotatable bonds is 5. The molecule has 108 valence electrons. The third kappa shape index (κ3) is 3.59. The number of benzene rings is 1. The Kier molecular flexibility index (Phi) is 4.46. The van der Waals surface area contributed by atoms with Gasteiger partial charge in [0, 0.05) is 30.1 Å². The van der Waals surface area contributed by atoms with Gasteiger partial charge in [0.05, 0.1) is 5.01 Å². The number of sulfonamides is 1. The second-order valence-corrected chi connectivity index (χ2v) is 7.14. The molecule has 0 fully saturated rings. The van der Waals surface area contributed by atoms with Crippen molar-refractivity contribution in [2.45, 2.75) is 18.2 Å². The van der Waals surface area contributed by atoms with E-state index < -0.39 is 26.6 Å². The molecule has 0 aliphatic rings. The van der Waals surface area contributed by atoms with Gasteiger partial charge in [0.25, 0.3) is 0 Å². The van der Waals surface area contributed by atoms with Crippen LogP contribution >= 0.6 is 11.3 Å².